The number of ketones is 2. The Morgan fingerprint density at radius 2 is 1.03 bits per heavy atom. The van der Waals surface area contributed by atoms with Crippen molar-refractivity contribution < 1.29 is 65.5 Å². The molecule has 0 aromatic heterocycles. The average Bonchev–Trinajstić information content (AvgIpc) is 2.47. The van der Waals surface area contributed by atoms with E-state index in [1.54, 1.807) is 0 Å². The summed E-state index contributed by atoms with van der Waals surface area (Å²) in [6.45, 7) is 8.73. The van der Waals surface area contributed by atoms with Crippen LogP contribution in [-0.4, -0.2) is 64.4 Å². The van der Waals surface area contributed by atoms with Crippen LogP contribution in [0.4, 0.5) is 0 Å². The molecule has 0 rings (SSSR count). The number of hydrogen-bond acceptors (Lipinski definition) is 8. The predicted octanol–water partition coefficient (Wildman–Crippen LogP) is 0.159. The van der Waals surface area contributed by atoms with Crippen molar-refractivity contribution in [3.63, 3.8) is 0 Å². The van der Waals surface area contributed by atoms with E-state index in [1.807, 2.05) is 0 Å². The summed E-state index contributed by atoms with van der Waals surface area (Å²) < 4.78 is 32.7. The number of carbonyl (C=O) groups is 2. The van der Waals surface area contributed by atoms with Crippen LogP contribution in [0.1, 0.15) is 27.7 Å². The third kappa shape index (κ3) is 91.7. The molecule has 0 saturated heterocycles. The summed E-state index contributed by atoms with van der Waals surface area (Å²) in [6.07, 6.45) is 2.33. The number of alkyl halides is 2. The summed E-state index contributed by atoms with van der Waals surface area (Å²) in [5.74, 6) is 1.09. The van der Waals surface area contributed by atoms with E-state index in [0.717, 1.165) is 26.2 Å². The number of hydrogen-bond donors (Lipinski definition) is 3. The molecule has 0 amide bonds. The summed E-state index contributed by atoms with van der Waals surface area (Å²) in [4.78, 5) is 20.0. The first kappa shape index (κ1) is 40.0. The standard InChI is InChI=1S/C6H12Cl2N2.2C5H8O2.ClHO4.Co/c7-1-3-9-5-6-10-4-2-8;2*1-4(6)3-5(2)7;2-1(3,4)5;/h1-6H2;2*3,6H,1-2H3;(H,2,3,4,5);/q-2;;;;+2/b;2*4-3-;;. The largest absolute Gasteiger partial charge is 2.00 e. The van der Waals surface area contributed by atoms with Gasteiger partial charge < -0.3 is 20.8 Å². The predicted molar refractivity (Wildman–Crippen MR) is 104 cm³/mol. The number of allylic oxidation sites excluding steroid dienone is 4. The molecule has 0 aliphatic rings. The Bertz CT molecular complexity index is 426. The van der Waals surface area contributed by atoms with E-state index in [1.165, 1.54) is 39.8 Å². The Balaban J connectivity index is -0.0000000943. The van der Waals surface area contributed by atoms with Gasteiger partial charge in [0.1, 0.15) is 0 Å². The number of rotatable bonds is 9. The number of aliphatic hydroxyl groups excluding tert-OH is 2. The van der Waals surface area contributed by atoms with Crippen LogP contribution in [0.25, 0.3) is 10.6 Å². The molecule has 30 heavy (non-hydrogen) atoms. The van der Waals surface area contributed by atoms with Gasteiger partial charge in [0.25, 0.3) is 0 Å². The smallest absolute Gasteiger partial charge is 0.663 e. The van der Waals surface area contributed by atoms with E-state index >= 15 is 0 Å². The minimum atomic E-state index is -4.69. The summed E-state index contributed by atoms with van der Waals surface area (Å²) in [5, 5.41) is 24.9. The van der Waals surface area contributed by atoms with Gasteiger partial charge in [-0.1, -0.05) is 0 Å². The number of carbonyl (C=O) groups excluding carboxylic acids is 2. The van der Waals surface area contributed by atoms with Gasteiger partial charge in [0.05, 0.1) is 26.4 Å². The molecule has 0 fully saturated rings. The van der Waals surface area contributed by atoms with Crippen molar-refractivity contribution in [2.75, 3.05) is 37.9 Å². The molecule has 0 aliphatic carbocycles. The Labute approximate surface area is 199 Å². The van der Waals surface area contributed by atoms with Crippen molar-refractivity contribution >= 4 is 34.8 Å². The van der Waals surface area contributed by atoms with Gasteiger partial charge in [-0.3, -0.25) is 9.59 Å². The van der Waals surface area contributed by atoms with E-state index in [2.05, 4.69) is 10.6 Å². The normalized spacial score (nSPS) is 10.7. The van der Waals surface area contributed by atoms with Crippen molar-refractivity contribution in [1.29, 1.82) is 0 Å². The maximum Gasteiger partial charge on any atom is 2.00 e. The van der Waals surface area contributed by atoms with Crippen molar-refractivity contribution in [3.05, 3.63) is 34.3 Å². The van der Waals surface area contributed by atoms with Crippen molar-refractivity contribution in [1.82, 2.24) is 0 Å². The third-order valence-electron chi connectivity index (χ3n) is 1.73. The molecular formula is C16H29Cl3CoN2O8. The number of halogens is 3. The molecule has 0 atom stereocenters. The summed E-state index contributed by atoms with van der Waals surface area (Å²) in [6, 6.07) is 0. The molecule has 0 heterocycles. The number of nitrogens with zero attached hydrogens (tertiary/aromatic N) is 2. The fourth-order valence-electron chi connectivity index (χ4n) is 1.07. The van der Waals surface area contributed by atoms with E-state index in [0.29, 0.717) is 11.8 Å². The molecule has 0 aliphatic heterocycles. The van der Waals surface area contributed by atoms with Gasteiger partial charge in [-0.2, -0.15) is 27.1 Å². The average molecular weight is 543 g/mol. The van der Waals surface area contributed by atoms with Gasteiger partial charge >= 0.3 is 16.8 Å². The van der Waals surface area contributed by atoms with Gasteiger partial charge in [0.15, 0.2) is 11.6 Å². The molecule has 181 valence electrons. The fraction of sp³-hybridized carbons (Fsp3) is 0.625. The van der Waals surface area contributed by atoms with Gasteiger partial charge in [-0.25, -0.2) is 0 Å². The zero-order chi connectivity index (χ0) is 23.9. The first-order valence-corrected chi connectivity index (χ1v) is 10.3. The van der Waals surface area contributed by atoms with Crippen LogP contribution >= 0.6 is 23.2 Å². The molecule has 0 unspecified atom stereocenters. The van der Waals surface area contributed by atoms with Crippen LogP contribution in [0, 0.1) is 10.2 Å². The minimum absolute atomic E-state index is 0. The van der Waals surface area contributed by atoms with Gasteiger partial charge in [-0.15, -0.1) is 36.3 Å². The van der Waals surface area contributed by atoms with E-state index < -0.39 is 10.2 Å². The van der Waals surface area contributed by atoms with Crippen LogP contribution in [0.5, 0.6) is 0 Å². The van der Waals surface area contributed by atoms with E-state index in [-0.39, 0.29) is 39.9 Å². The molecule has 0 aromatic rings. The quantitative estimate of drug-likeness (QED) is 0.159. The summed E-state index contributed by atoms with van der Waals surface area (Å²) in [7, 11) is -4.69. The first-order valence-electron chi connectivity index (χ1n) is 7.94. The molecule has 1 radical (unpaired) electrons. The molecule has 0 spiro atoms. The van der Waals surface area contributed by atoms with Crippen molar-refractivity contribution in [2.24, 2.45) is 0 Å². The monoisotopic (exact) mass is 541 g/mol. The van der Waals surface area contributed by atoms with E-state index in [9.17, 15) is 9.59 Å². The molecule has 0 bridgehead atoms. The van der Waals surface area contributed by atoms with Crippen molar-refractivity contribution in [3.8, 4) is 0 Å². The van der Waals surface area contributed by atoms with Gasteiger partial charge in [-0.05, 0) is 27.7 Å². The van der Waals surface area contributed by atoms with Crippen LogP contribution < -0.4 is 14.0 Å². The topological polar surface area (TPSA) is 192 Å². The second kappa shape index (κ2) is 28.6. The molecular weight excluding hydrogens is 513 g/mol. The van der Waals surface area contributed by atoms with E-state index in [4.69, 9.17) is 52.1 Å². The molecule has 3 N–H and O–H groups in total. The Hall–Kier alpha value is -0.444. The minimum Gasteiger partial charge on any atom is -0.663 e. The van der Waals surface area contributed by atoms with Crippen LogP contribution in [-0.2, 0) is 26.4 Å². The van der Waals surface area contributed by atoms with Crippen molar-refractivity contribution in [2.45, 2.75) is 27.7 Å². The van der Waals surface area contributed by atoms with Crippen LogP contribution in [0.3, 0.4) is 0 Å². The molecule has 0 saturated carbocycles. The Morgan fingerprint density at radius 1 is 0.800 bits per heavy atom. The SMILES string of the molecule is CC(=O)/C=C(/C)O.CC(=O)/C=C(/C)O.ClCC[N-]CC[N-]CCCl.[Co+2].[O-][Cl+3]([O-])([O-])O. The first-order chi connectivity index (χ1) is 13.2. The maximum atomic E-state index is 10.0. The Morgan fingerprint density at radius 3 is 1.13 bits per heavy atom. The summed E-state index contributed by atoms with van der Waals surface area (Å²) >= 11 is 10.8. The van der Waals surface area contributed by atoms with Crippen LogP contribution in [0.2, 0.25) is 0 Å². The zero-order valence-electron chi connectivity index (χ0n) is 17.1. The van der Waals surface area contributed by atoms with Gasteiger partial charge in [0.2, 0.25) is 0 Å². The van der Waals surface area contributed by atoms with Gasteiger partial charge in [0, 0.05) is 23.9 Å². The van der Waals surface area contributed by atoms with Crippen LogP contribution in [0.15, 0.2) is 23.7 Å². The molecule has 0 aromatic carbocycles. The zero-order valence-corrected chi connectivity index (χ0v) is 20.5. The molecule has 10 nitrogen and oxygen atoms in total. The Kier molecular flexibility index (Phi) is 38.0. The molecule has 14 heteroatoms. The maximum absolute atomic E-state index is 10.0. The fourth-order valence-corrected chi connectivity index (χ4v) is 1.31. The third-order valence-corrected chi connectivity index (χ3v) is 2.06. The second-order valence-electron chi connectivity index (χ2n) is 4.91. The summed E-state index contributed by atoms with van der Waals surface area (Å²) in [5.41, 5.74) is 0. The number of aliphatic hydroxyl groups is 2. The second-order valence-corrected chi connectivity index (χ2v) is 6.46.